The first kappa shape index (κ1) is 20.1. The second-order valence-electron chi connectivity index (χ2n) is 7.53. The normalized spacial score (nSPS) is 14.3. The summed E-state index contributed by atoms with van der Waals surface area (Å²) in [6, 6.07) is 17.7. The van der Waals surface area contributed by atoms with Gasteiger partial charge in [-0.15, -0.1) is 0 Å². The largest absolute Gasteiger partial charge is 0.380 e. The summed E-state index contributed by atoms with van der Waals surface area (Å²) in [5.74, 6) is -0.411. The van der Waals surface area contributed by atoms with E-state index in [-0.39, 0.29) is 16.8 Å². The highest BCUT2D eigenvalue weighted by atomic mass is 19.1. The zero-order valence-corrected chi connectivity index (χ0v) is 17.4. The van der Waals surface area contributed by atoms with Crippen molar-refractivity contribution in [2.24, 2.45) is 0 Å². The van der Waals surface area contributed by atoms with Crippen LogP contribution in [0.5, 0.6) is 0 Å². The van der Waals surface area contributed by atoms with Gasteiger partial charge >= 0.3 is 0 Å². The van der Waals surface area contributed by atoms with Gasteiger partial charge in [0.2, 0.25) is 5.43 Å². The Morgan fingerprint density at radius 2 is 1.81 bits per heavy atom. The molecule has 162 valence electrons. The minimum absolute atomic E-state index is 0.196. The Kier molecular flexibility index (Phi) is 5.51. The monoisotopic (exact) mass is 431 g/mol. The first-order valence-corrected chi connectivity index (χ1v) is 10.5. The molecule has 1 aliphatic heterocycles. The van der Waals surface area contributed by atoms with Gasteiger partial charge in [-0.25, -0.2) is 13.8 Å². The van der Waals surface area contributed by atoms with Crippen LogP contribution in [0.2, 0.25) is 0 Å². The van der Waals surface area contributed by atoms with E-state index in [9.17, 15) is 4.79 Å². The third kappa shape index (κ3) is 3.92. The summed E-state index contributed by atoms with van der Waals surface area (Å²) in [4.78, 5) is 14.7. The van der Waals surface area contributed by atoms with Gasteiger partial charge in [-0.2, -0.15) is 10.2 Å². The van der Waals surface area contributed by atoms with Crippen LogP contribution >= 0.6 is 0 Å². The molecule has 2 aromatic heterocycles. The molecule has 1 saturated heterocycles. The van der Waals surface area contributed by atoms with Crippen LogP contribution in [0.4, 0.5) is 10.1 Å². The van der Waals surface area contributed by atoms with Crippen LogP contribution in [0.15, 0.2) is 77.9 Å². The van der Waals surface area contributed by atoms with Crippen LogP contribution in [0.1, 0.15) is 6.42 Å². The molecule has 0 bridgehead atoms. The van der Waals surface area contributed by atoms with E-state index in [1.807, 2.05) is 36.4 Å². The molecular weight excluding hydrogens is 409 g/mol. The molecule has 1 fully saturated rings. The van der Waals surface area contributed by atoms with E-state index in [1.165, 1.54) is 23.0 Å². The van der Waals surface area contributed by atoms with Gasteiger partial charge in [0.25, 0.3) is 0 Å². The number of halogens is 1. The van der Waals surface area contributed by atoms with Crippen molar-refractivity contribution >= 4 is 5.69 Å². The number of aromatic nitrogens is 4. The molecule has 32 heavy (non-hydrogen) atoms. The molecule has 2 aromatic carbocycles. The third-order valence-corrected chi connectivity index (χ3v) is 5.46. The lowest BCUT2D eigenvalue weighted by molar-refractivity contribution is 0.152. The lowest BCUT2D eigenvalue weighted by Crippen LogP contribution is -2.26. The van der Waals surface area contributed by atoms with Crippen molar-refractivity contribution in [3.63, 3.8) is 0 Å². The van der Waals surface area contributed by atoms with Gasteiger partial charge in [0.1, 0.15) is 5.69 Å². The molecule has 3 heterocycles. The molecule has 0 atom stereocenters. The quantitative estimate of drug-likeness (QED) is 0.495. The maximum Gasteiger partial charge on any atom is 0.209 e. The first-order valence-electron chi connectivity index (χ1n) is 10.5. The smallest absolute Gasteiger partial charge is 0.209 e. The molecule has 1 aliphatic rings. The number of hydrogen-bond donors (Lipinski definition) is 0. The summed E-state index contributed by atoms with van der Waals surface area (Å²) < 4.78 is 23.6. The minimum atomic E-state index is -0.411. The predicted octanol–water partition coefficient (Wildman–Crippen LogP) is 3.45. The van der Waals surface area contributed by atoms with Crippen molar-refractivity contribution in [2.75, 3.05) is 31.2 Å². The van der Waals surface area contributed by atoms with Crippen LogP contribution in [0.3, 0.4) is 0 Å². The van der Waals surface area contributed by atoms with Crippen molar-refractivity contribution in [3.8, 4) is 22.8 Å². The van der Waals surface area contributed by atoms with E-state index in [0.717, 1.165) is 37.5 Å². The molecule has 0 radical (unpaired) electrons. The van der Waals surface area contributed by atoms with Crippen LogP contribution in [-0.2, 0) is 4.74 Å². The molecule has 8 heteroatoms. The zero-order chi connectivity index (χ0) is 21.9. The van der Waals surface area contributed by atoms with E-state index >= 15 is 4.39 Å². The Morgan fingerprint density at radius 1 is 0.938 bits per heavy atom. The van der Waals surface area contributed by atoms with Gasteiger partial charge < -0.3 is 9.64 Å². The Balaban J connectivity index is 1.51. The van der Waals surface area contributed by atoms with Crippen LogP contribution in [0.25, 0.3) is 22.8 Å². The summed E-state index contributed by atoms with van der Waals surface area (Å²) in [6.07, 6.45) is 4.00. The maximum atomic E-state index is 15.1. The summed E-state index contributed by atoms with van der Waals surface area (Å²) in [5.41, 5.74) is 2.35. The number of hydrogen-bond acceptors (Lipinski definition) is 5. The second kappa shape index (κ2) is 8.76. The van der Waals surface area contributed by atoms with Crippen LogP contribution in [0, 0.1) is 5.82 Å². The van der Waals surface area contributed by atoms with E-state index in [0.29, 0.717) is 12.3 Å². The highest BCUT2D eigenvalue weighted by Gasteiger charge is 2.16. The van der Waals surface area contributed by atoms with Crippen LogP contribution in [-0.4, -0.2) is 45.9 Å². The summed E-state index contributed by atoms with van der Waals surface area (Å²) in [6.45, 7) is 2.90. The Morgan fingerprint density at radius 3 is 2.66 bits per heavy atom. The average molecular weight is 431 g/mol. The number of nitrogens with zero attached hydrogens (tertiary/aromatic N) is 5. The lowest BCUT2D eigenvalue weighted by Gasteiger charge is -2.22. The van der Waals surface area contributed by atoms with E-state index < -0.39 is 5.82 Å². The predicted molar refractivity (Wildman–Crippen MR) is 120 cm³/mol. The summed E-state index contributed by atoms with van der Waals surface area (Å²) in [7, 11) is 0. The summed E-state index contributed by atoms with van der Waals surface area (Å²) >= 11 is 0. The lowest BCUT2D eigenvalue weighted by atomic mass is 10.2. The van der Waals surface area contributed by atoms with Crippen molar-refractivity contribution in [3.05, 3.63) is 89.1 Å². The van der Waals surface area contributed by atoms with Crippen molar-refractivity contribution in [2.45, 2.75) is 6.42 Å². The zero-order valence-electron chi connectivity index (χ0n) is 17.4. The van der Waals surface area contributed by atoms with Crippen molar-refractivity contribution in [1.29, 1.82) is 0 Å². The third-order valence-electron chi connectivity index (χ3n) is 5.46. The molecule has 5 rings (SSSR count). The van der Waals surface area contributed by atoms with E-state index in [1.54, 1.807) is 23.0 Å². The fraction of sp³-hybridized carbons (Fsp3) is 0.208. The Hall–Kier alpha value is -3.78. The number of rotatable bonds is 4. The highest BCUT2D eigenvalue weighted by Crippen LogP contribution is 2.23. The topological polar surface area (TPSA) is 65.2 Å². The number of anilines is 1. The van der Waals surface area contributed by atoms with Gasteiger partial charge in [-0.3, -0.25) is 4.79 Å². The SMILES string of the molecule is O=c1ccn(-c2ccc(N3CCCOCC3)cc2F)nc1-c1ccnn1-c1ccccc1. The molecule has 4 aromatic rings. The van der Waals surface area contributed by atoms with Gasteiger partial charge in [0.15, 0.2) is 11.5 Å². The molecule has 0 spiro atoms. The standard InChI is InChI=1S/C24H22FN5O2/c25-20-17-19(28-12-4-15-32-16-14-28)7-8-21(20)29-13-10-23(31)24(27-29)22-9-11-26-30(22)18-5-2-1-3-6-18/h1-3,5-11,13,17H,4,12,14-16H2. The summed E-state index contributed by atoms with van der Waals surface area (Å²) in [5, 5.41) is 8.79. The number of benzene rings is 2. The fourth-order valence-corrected chi connectivity index (χ4v) is 3.86. The Bertz CT molecular complexity index is 1280. The number of ether oxygens (including phenoxy) is 1. The van der Waals surface area contributed by atoms with E-state index in [2.05, 4.69) is 15.1 Å². The highest BCUT2D eigenvalue weighted by molar-refractivity contribution is 5.58. The van der Waals surface area contributed by atoms with E-state index in [4.69, 9.17) is 4.74 Å². The first-order chi connectivity index (χ1) is 15.7. The minimum Gasteiger partial charge on any atom is -0.380 e. The molecule has 0 saturated carbocycles. The Labute approximate surface area is 184 Å². The fourth-order valence-electron chi connectivity index (χ4n) is 3.86. The maximum absolute atomic E-state index is 15.1. The molecule has 0 N–H and O–H groups in total. The van der Waals surface area contributed by atoms with Crippen LogP contribution < -0.4 is 10.3 Å². The van der Waals surface area contributed by atoms with Gasteiger partial charge in [0.05, 0.1) is 24.2 Å². The molecule has 0 unspecified atom stereocenters. The number of para-hydroxylation sites is 1. The molecule has 0 aliphatic carbocycles. The molecular formula is C24H22FN5O2. The van der Waals surface area contributed by atoms with Crippen molar-refractivity contribution in [1.82, 2.24) is 19.6 Å². The second-order valence-corrected chi connectivity index (χ2v) is 7.53. The van der Waals surface area contributed by atoms with Gasteiger partial charge in [0, 0.05) is 37.6 Å². The molecule has 0 amide bonds. The average Bonchev–Trinajstić information content (AvgIpc) is 3.14. The molecule has 7 nitrogen and oxygen atoms in total. The van der Waals surface area contributed by atoms with Crippen molar-refractivity contribution < 1.29 is 9.13 Å². The van der Waals surface area contributed by atoms with Gasteiger partial charge in [-0.1, -0.05) is 18.2 Å². The van der Waals surface area contributed by atoms with Gasteiger partial charge in [-0.05, 0) is 42.8 Å².